The van der Waals surface area contributed by atoms with Gasteiger partial charge in [-0.05, 0) is 50.6 Å². The lowest BCUT2D eigenvalue weighted by molar-refractivity contribution is -0.115. The quantitative estimate of drug-likeness (QED) is 0.458. The second-order valence-corrected chi connectivity index (χ2v) is 8.57. The normalized spacial score (nSPS) is 11.9. The molecule has 2 aromatic carbocycles. The smallest absolute Gasteiger partial charge is 0.237 e. The van der Waals surface area contributed by atoms with Crippen molar-refractivity contribution in [2.45, 2.75) is 44.3 Å². The highest BCUT2D eigenvalue weighted by molar-refractivity contribution is 8.00. The molecule has 164 valence electrons. The lowest BCUT2D eigenvalue weighted by Crippen LogP contribution is -2.23. The Morgan fingerprint density at radius 3 is 2.52 bits per heavy atom. The molecule has 7 heteroatoms. The molecule has 0 aliphatic heterocycles. The molecular weight excluding hydrogens is 410 g/mol. The van der Waals surface area contributed by atoms with Crippen LogP contribution in [0.2, 0.25) is 0 Å². The second-order valence-electron chi connectivity index (χ2n) is 7.26. The minimum atomic E-state index is -0.295. The van der Waals surface area contributed by atoms with Gasteiger partial charge in [0.1, 0.15) is 12.4 Å². The van der Waals surface area contributed by atoms with E-state index in [2.05, 4.69) is 14.9 Å². The van der Waals surface area contributed by atoms with Gasteiger partial charge in [0.2, 0.25) is 5.91 Å². The van der Waals surface area contributed by atoms with Crippen LogP contribution in [0.3, 0.4) is 0 Å². The number of benzene rings is 2. The number of thioether (sulfide) groups is 1. The number of methoxy groups -OCH3 is 1. The summed E-state index contributed by atoms with van der Waals surface area (Å²) in [6.45, 7) is 7.73. The number of ether oxygens (including phenoxy) is 2. The van der Waals surface area contributed by atoms with E-state index >= 15 is 0 Å². The van der Waals surface area contributed by atoms with E-state index in [-0.39, 0.29) is 11.2 Å². The number of carbonyl (C=O) groups excluding carboxylic acids is 1. The number of aromatic nitrogens is 2. The molecule has 0 fully saturated rings. The first-order chi connectivity index (χ1) is 15.0. The first-order valence-corrected chi connectivity index (χ1v) is 11.1. The monoisotopic (exact) mass is 439 g/mol. The van der Waals surface area contributed by atoms with E-state index in [0.29, 0.717) is 19.8 Å². The maximum atomic E-state index is 12.7. The van der Waals surface area contributed by atoms with E-state index in [9.17, 15) is 4.79 Å². The molecule has 0 aliphatic rings. The molecule has 0 bridgehead atoms. The third kappa shape index (κ3) is 6.35. The van der Waals surface area contributed by atoms with Gasteiger partial charge >= 0.3 is 0 Å². The predicted molar refractivity (Wildman–Crippen MR) is 125 cm³/mol. The number of anilines is 1. The van der Waals surface area contributed by atoms with Gasteiger partial charge in [-0.25, -0.2) is 4.98 Å². The lowest BCUT2D eigenvalue weighted by atomic mass is 10.2. The summed E-state index contributed by atoms with van der Waals surface area (Å²) >= 11 is 1.45. The molecular formula is C24H29N3O3S. The average Bonchev–Trinajstić information content (AvgIpc) is 3.04. The van der Waals surface area contributed by atoms with Crippen molar-refractivity contribution in [2.24, 2.45) is 0 Å². The molecule has 1 atom stereocenters. The minimum Gasteiger partial charge on any atom is -0.489 e. The van der Waals surface area contributed by atoms with Crippen LogP contribution in [0.5, 0.6) is 5.75 Å². The number of hydrogen-bond donors (Lipinski definition) is 1. The van der Waals surface area contributed by atoms with Gasteiger partial charge in [-0.1, -0.05) is 42.1 Å². The Bertz CT molecular complexity index is 987. The summed E-state index contributed by atoms with van der Waals surface area (Å²) in [5.41, 5.74) is 3.91. The van der Waals surface area contributed by atoms with Crippen molar-refractivity contribution in [3.8, 4) is 5.75 Å². The second kappa shape index (κ2) is 11.0. The first-order valence-electron chi connectivity index (χ1n) is 10.2. The first kappa shape index (κ1) is 22.9. The molecule has 0 spiro atoms. The summed E-state index contributed by atoms with van der Waals surface area (Å²) in [6, 6.07) is 17.4. The number of carbonyl (C=O) groups is 1. The van der Waals surface area contributed by atoms with Crippen LogP contribution in [0.4, 0.5) is 5.69 Å². The average molecular weight is 440 g/mol. The number of aryl methyl sites for hydroxylation is 1. The number of amides is 1. The van der Waals surface area contributed by atoms with E-state index in [1.54, 1.807) is 7.11 Å². The fraction of sp³-hybridized carbons (Fsp3) is 0.333. The number of nitrogens with one attached hydrogen (secondary N) is 1. The van der Waals surface area contributed by atoms with E-state index in [4.69, 9.17) is 9.47 Å². The highest BCUT2D eigenvalue weighted by Gasteiger charge is 2.20. The van der Waals surface area contributed by atoms with Gasteiger partial charge in [-0.2, -0.15) is 0 Å². The lowest BCUT2D eigenvalue weighted by Gasteiger charge is -2.14. The van der Waals surface area contributed by atoms with Crippen LogP contribution in [0.15, 0.2) is 59.8 Å². The highest BCUT2D eigenvalue weighted by Crippen LogP contribution is 2.26. The molecule has 1 unspecified atom stereocenters. The zero-order valence-electron chi connectivity index (χ0n) is 18.4. The Morgan fingerprint density at radius 2 is 1.84 bits per heavy atom. The molecule has 31 heavy (non-hydrogen) atoms. The highest BCUT2D eigenvalue weighted by atomic mass is 32.2. The number of hydrogen-bond acceptors (Lipinski definition) is 5. The molecule has 0 radical (unpaired) electrons. The van der Waals surface area contributed by atoms with Crippen molar-refractivity contribution >= 4 is 23.4 Å². The number of nitrogens with zero attached hydrogens (tertiary/aromatic N) is 2. The van der Waals surface area contributed by atoms with Crippen molar-refractivity contribution in [1.82, 2.24) is 9.55 Å². The molecule has 1 heterocycles. The topological polar surface area (TPSA) is 65.4 Å². The Balaban J connectivity index is 1.55. The summed E-state index contributed by atoms with van der Waals surface area (Å²) in [5, 5.41) is 3.51. The van der Waals surface area contributed by atoms with Gasteiger partial charge in [-0.15, -0.1) is 0 Å². The Hall–Kier alpha value is -2.77. The Morgan fingerprint density at radius 1 is 1.13 bits per heavy atom. The van der Waals surface area contributed by atoms with E-state index in [1.165, 1.54) is 11.8 Å². The maximum Gasteiger partial charge on any atom is 0.237 e. The van der Waals surface area contributed by atoms with Crippen LogP contribution in [0, 0.1) is 13.8 Å². The van der Waals surface area contributed by atoms with Crippen LogP contribution >= 0.6 is 11.8 Å². The largest absolute Gasteiger partial charge is 0.489 e. The maximum absolute atomic E-state index is 12.7. The standard InChI is InChI=1S/C24H29N3O3S/c1-17-18(2)27(14-15-29-4)24(25-17)31-19(3)23(28)26-21-10-12-22(13-11-21)30-16-20-8-6-5-7-9-20/h5-13,19H,14-16H2,1-4H3,(H,26,28). The molecule has 3 aromatic rings. The molecule has 0 saturated heterocycles. The van der Waals surface area contributed by atoms with Crippen molar-refractivity contribution < 1.29 is 14.3 Å². The van der Waals surface area contributed by atoms with Crippen LogP contribution in [-0.4, -0.2) is 34.4 Å². The third-order valence-electron chi connectivity index (χ3n) is 4.96. The van der Waals surface area contributed by atoms with Crippen molar-refractivity contribution in [2.75, 3.05) is 19.0 Å². The fourth-order valence-corrected chi connectivity index (χ4v) is 4.02. The van der Waals surface area contributed by atoms with E-state index in [0.717, 1.165) is 33.5 Å². The fourth-order valence-electron chi connectivity index (χ4n) is 2.99. The third-order valence-corrected chi connectivity index (χ3v) is 6.05. The number of imidazole rings is 1. The van der Waals surface area contributed by atoms with Gasteiger partial charge in [0.05, 0.1) is 17.6 Å². The zero-order chi connectivity index (χ0) is 22.2. The molecule has 6 nitrogen and oxygen atoms in total. The van der Waals surface area contributed by atoms with Gasteiger partial charge < -0.3 is 19.4 Å². The van der Waals surface area contributed by atoms with E-state index in [1.807, 2.05) is 75.4 Å². The van der Waals surface area contributed by atoms with Crippen LogP contribution in [-0.2, 0) is 22.7 Å². The summed E-state index contributed by atoms with van der Waals surface area (Å²) in [4.78, 5) is 17.3. The Kier molecular flexibility index (Phi) is 8.14. The van der Waals surface area contributed by atoms with Crippen LogP contribution in [0.25, 0.3) is 0 Å². The van der Waals surface area contributed by atoms with Crippen molar-refractivity contribution in [1.29, 1.82) is 0 Å². The van der Waals surface area contributed by atoms with Crippen molar-refractivity contribution in [3.63, 3.8) is 0 Å². The van der Waals surface area contributed by atoms with Gasteiger partial charge in [0.25, 0.3) is 0 Å². The summed E-state index contributed by atoms with van der Waals surface area (Å²) in [5.74, 6) is 0.690. The van der Waals surface area contributed by atoms with Crippen LogP contribution in [0.1, 0.15) is 23.9 Å². The summed E-state index contributed by atoms with van der Waals surface area (Å²) in [6.07, 6.45) is 0. The van der Waals surface area contributed by atoms with Crippen molar-refractivity contribution in [3.05, 3.63) is 71.5 Å². The van der Waals surface area contributed by atoms with Crippen LogP contribution < -0.4 is 10.1 Å². The molecule has 0 aliphatic carbocycles. The summed E-state index contributed by atoms with van der Waals surface area (Å²) in [7, 11) is 1.68. The molecule has 0 saturated carbocycles. The molecule has 1 N–H and O–H groups in total. The molecule has 3 rings (SSSR count). The summed E-state index contributed by atoms with van der Waals surface area (Å²) < 4.78 is 13.1. The SMILES string of the molecule is COCCn1c(SC(C)C(=O)Nc2ccc(OCc3ccccc3)cc2)nc(C)c1C. The Labute approximate surface area is 188 Å². The molecule has 1 aromatic heterocycles. The minimum absolute atomic E-state index is 0.0699. The van der Waals surface area contributed by atoms with E-state index < -0.39 is 0 Å². The van der Waals surface area contributed by atoms with Gasteiger partial charge in [-0.3, -0.25) is 4.79 Å². The number of rotatable bonds is 10. The molecule has 1 amide bonds. The zero-order valence-corrected chi connectivity index (χ0v) is 19.2. The van der Waals surface area contributed by atoms with Gasteiger partial charge in [0.15, 0.2) is 5.16 Å². The van der Waals surface area contributed by atoms with Gasteiger partial charge in [0, 0.05) is 25.0 Å². The predicted octanol–water partition coefficient (Wildman–Crippen LogP) is 4.84.